The average molecular weight is 318 g/mol. The lowest BCUT2D eigenvalue weighted by molar-refractivity contribution is 0.845. The van der Waals surface area contributed by atoms with Gasteiger partial charge >= 0.3 is 0 Å². The Balaban J connectivity index is 2.98. The van der Waals surface area contributed by atoms with E-state index in [4.69, 9.17) is 0 Å². The molecule has 0 aliphatic heterocycles. The lowest BCUT2D eigenvalue weighted by Gasteiger charge is -2.11. The number of hydrogen-bond donors (Lipinski definition) is 1. The first-order chi connectivity index (χ1) is 8.22. The maximum Gasteiger partial charge on any atom is 0.144 e. The Morgan fingerprint density at radius 1 is 1.24 bits per heavy atom. The van der Waals surface area contributed by atoms with E-state index >= 15 is 0 Å². The maximum atomic E-state index is 4.62. The highest BCUT2D eigenvalue weighted by Gasteiger charge is 2.11. The number of aryl methyl sites for hydroxylation is 1. The Hall–Kier alpha value is -0.290. The molecule has 0 radical (unpaired) electrons. The van der Waals surface area contributed by atoms with Gasteiger partial charge in [-0.05, 0) is 35.0 Å². The van der Waals surface area contributed by atoms with Crippen LogP contribution in [0.15, 0.2) is 4.47 Å². The van der Waals surface area contributed by atoms with Gasteiger partial charge in [-0.1, -0.05) is 20.3 Å². The van der Waals surface area contributed by atoms with Crippen LogP contribution in [0.1, 0.15) is 38.7 Å². The Bertz CT molecular complexity index is 331. The molecule has 0 aliphatic carbocycles. The summed E-state index contributed by atoms with van der Waals surface area (Å²) in [6, 6.07) is 0. The van der Waals surface area contributed by atoms with Gasteiger partial charge in [0.05, 0.1) is 15.9 Å². The lowest BCUT2D eigenvalue weighted by Crippen LogP contribution is -2.07. The molecule has 0 unspecified atom stereocenters. The Morgan fingerprint density at radius 2 is 2.00 bits per heavy atom. The van der Waals surface area contributed by atoms with Crippen molar-refractivity contribution < 1.29 is 0 Å². The molecule has 3 nitrogen and oxygen atoms in total. The molecule has 1 aromatic rings. The van der Waals surface area contributed by atoms with E-state index in [0.29, 0.717) is 0 Å². The third-order valence-corrected chi connectivity index (χ3v) is 3.94. The minimum absolute atomic E-state index is 0.877. The van der Waals surface area contributed by atoms with Crippen molar-refractivity contribution in [2.24, 2.45) is 0 Å². The van der Waals surface area contributed by atoms with Crippen LogP contribution in [0.2, 0.25) is 0 Å². The van der Waals surface area contributed by atoms with Crippen molar-refractivity contribution in [1.82, 2.24) is 9.97 Å². The van der Waals surface area contributed by atoms with Gasteiger partial charge in [-0.2, -0.15) is 11.8 Å². The molecule has 0 atom stereocenters. The summed E-state index contributed by atoms with van der Waals surface area (Å²) < 4.78 is 1.02. The van der Waals surface area contributed by atoms with E-state index in [1.807, 2.05) is 11.8 Å². The highest BCUT2D eigenvalue weighted by molar-refractivity contribution is 9.10. The molecule has 0 spiro atoms. The van der Waals surface area contributed by atoms with E-state index < -0.39 is 0 Å². The van der Waals surface area contributed by atoms with Crippen molar-refractivity contribution >= 4 is 33.5 Å². The molecule has 1 heterocycles. The molecule has 0 saturated carbocycles. The predicted octanol–water partition coefficient (Wildman–Crippen LogP) is 3.88. The van der Waals surface area contributed by atoms with Crippen LogP contribution < -0.4 is 5.32 Å². The summed E-state index contributed by atoms with van der Waals surface area (Å²) in [5, 5.41) is 3.28. The van der Waals surface area contributed by atoms with Crippen LogP contribution in [0.5, 0.6) is 0 Å². The van der Waals surface area contributed by atoms with E-state index in [-0.39, 0.29) is 0 Å². The maximum absolute atomic E-state index is 4.62. The number of nitrogens with zero attached hydrogens (tertiary/aromatic N) is 2. The second-order valence-corrected chi connectivity index (χ2v) is 5.73. The summed E-state index contributed by atoms with van der Waals surface area (Å²) >= 11 is 5.44. The van der Waals surface area contributed by atoms with Crippen LogP contribution in [0, 0.1) is 0 Å². The van der Waals surface area contributed by atoms with E-state index in [0.717, 1.165) is 52.7 Å². The minimum Gasteiger partial charge on any atom is -0.369 e. The summed E-state index contributed by atoms with van der Waals surface area (Å²) in [6.07, 6.45) is 2.09. The van der Waals surface area contributed by atoms with Crippen LogP contribution in [-0.4, -0.2) is 22.3 Å². The fourth-order valence-electron chi connectivity index (χ4n) is 1.49. The van der Waals surface area contributed by atoms with Gasteiger partial charge in [-0.15, -0.1) is 0 Å². The molecule has 0 aromatic carbocycles. The van der Waals surface area contributed by atoms with Gasteiger partial charge in [0.2, 0.25) is 0 Å². The standard InChI is InChI=1S/C12H20BrN3S/c1-4-7-9-11(13)12(14-5-2)16-10(15-9)8-17-6-3/h4-8H2,1-3H3,(H,14,15,16). The van der Waals surface area contributed by atoms with Gasteiger partial charge in [0.15, 0.2) is 0 Å². The van der Waals surface area contributed by atoms with Gasteiger partial charge in [0, 0.05) is 6.54 Å². The van der Waals surface area contributed by atoms with E-state index in [1.165, 1.54) is 0 Å². The van der Waals surface area contributed by atoms with E-state index in [2.05, 4.69) is 52.0 Å². The zero-order valence-electron chi connectivity index (χ0n) is 10.7. The van der Waals surface area contributed by atoms with Crippen molar-refractivity contribution in [1.29, 1.82) is 0 Å². The highest BCUT2D eigenvalue weighted by atomic mass is 79.9. The number of aromatic nitrogens is 2. The van der Waals surface area contributed by atoms with Crippen molar-refractivity contribution in [3.8, 4) is 0 Å². The Morgan fingerprint density at radius 3 is 2.59 bits per heavy atom. The summed E-state index contributed by atoms with van der Waals surface area (Å²) in [7, 11) is 0. The second-order valence-electron chi connectivity index (χ2n) is 3.67. The van der Waals surface area contributed by atoms with Gasteiger partial charge in [0.1, 0.15) is 11.6 Å². The SMILES string of the molecule is CCCc1nc(CSCC)nc(NCC)c1Br. The molecule has 0 aliphatic rings. The molecule has 0 amide bonds. The van der Waals surface area contributed by atoms with Gasteiger partial charge in [-0.25, -0.2) is 9.97 Å². The summed E-state index contributed by atoms with van der Waals surface area (Å²) in [5.41, 5.74) is 1.12. The number of rotatable bonds is 7. The summed E-state index contributed by atoms with van der Waals surface area (Å²) in [4.78, 5) is 9.18. The number of thioether (sulfide) groups is 1. The van der Waals surface area contributed by atoms with Crippen molar-refractivity contribution in [3.63, 3.8) is 0 Å². The monoisotopic (exact) mass is 317 g/mol. The molecule has 0 bridgehead atoms. The van der Waals surface area contributed by atoms with Crippen LogP contribution in [-0.2, 0) is 12.2 Å². The smallest absolute Gasteiger partial charge is 0.144 e. The molecular formula is C12H20BrN3S. The first-order valence-electron chi connectivity index (χ1n) is 6.09. The third-order valence-electron chi connectivity index (χ3n) is 2.23. The number of halogens is 1. The molecule has 17 heavy (non-hydrogen) atoms. The summed E-state index contributed by atoms with van der Waals surface area (Å²) in [5.74, 6) is 3.84. The summed E-state index contributed by atoms with van der Waals surface area (Å²) in [6.45, 7) is 7.28. The van der Waals surface area contributed by atoms with E-state index in [1.54, 1.807) is 0 Å². The number of anilines is 1. The lowest BCUT2D eigenvalue weighted by atomic mass is 10.2. The van der Waals surface area contributed by atoms with Crippen LogP contribution >= 0.6 is 27.7 Å². The normalized spacial score (nSPS) is 10.6. The molecule has 96 valence electrons. The quantitative estimate of drug-likeness (QED) is 0.828. The second kappa shape index (κ2) is 7.93. The van der Waals surface area contributed by atoms with Crippen LogP contribution in [0.3, 0.4) is 0 Å². The number of nitrogens with one attached hydrogen (secondary N) is 1. The molecular weight excluding hydrogens is 298 g/mol. The van der Waals surface area contributed by atoms with Gasteiger partial charge in [0.25, 0.3) is 0 Å². The predicted molar refractivity (Wildman–Crippen MR) is 79.7 cm³/mol. The van der Waals surface area contributed by atoms with Crippen molar-refractivity contribution in [2.45, 2.75) is 39.4 Å². The third kappa shape index (κ3) is 4.47. The molecule has 5 heteroatoms. The Kier molecular flexibility index (Phi) is 6.89. The average Bonchev–Trinajstić information content (AvgIpc) is 2.32. The fraction of sp³-hybridized carbons (Fsp3) is 0.667. The Labute approximate surface area is 116 Å². The first-order valence-corrected chi connectivity index (χ1v) is 8.04. The molecule has 1 rings (SSSR count). The molecule has 1 aromatic heterocycles. The fourth-order valence-corrected chi connectivity index (χ4v) is 2.52. The van der Waals surface area contributed by atoms with Gasteiger partial charge in [-0.3, -0.25) is 0 Å². The van der Waals surface area contributed by atoms with E-state index in [9.17, 15) is 0 Å². The molecule has 1 N–H and O–H groups in total. The van der Waals surface area contributed by atoms with Crippen LogP contribution in [0.25, 0.3) is 0 Å². The molecule has 0 fully saturated rings. The zero-order chi connectivity index (χ0) is 12.7. The largest absolute Gasteiger partial charge is 0.369 e. The molecule has 0 saturated heterocycles. The van der Waals surface area contributed by atoms with Gasteiger partial charge < -0.3 is 5.32 Å². The first kappa shape index (κ1) is 14.8. The number of hydrogen-bond acceptors (Lipinski definition) is 4. The van der Waals surface area contributed by atoms with Crippen molar-refractivity contribution in [2.75, 3.05) is 17.6 Å². The van der Waals surface area contributed by atoms with Crippen molar-refractivity contribution in [3.05, 3.63) is 16.0 Å². The minimum atomic E-state index is 0.877. The topological polar surface area (TPSA) is 37.8 Å². The zero-order valence-corrected chi connectivity index (χ0v) is 13.1. The van der Waals surface area contributed by atoms with Crippen LogP contribution in [0.4, 0.5) is 5.82 Å². The highest BCUT2D eigenvalue weighted by Crippen LogP contribution is 2.25.